The van der Waals surface area contributed by atoms with Crippen LogP contribution in [-0.4, -0.2) is 29.4 Å². The van der Waals surface area contributed by atoms with Crippen molar-refractivity contribution in [2.24, 2.45) is 10.4 Å². The topological polar surface area (TPSA) is 15.6 Å². The molecule has 2 heteroatoms. The average molecular weight is 208 g/mol. The van der Waals surface area contributed by atoms with Crippen LogP contribution in [0.5, 0.6) is 0 Å². The Morgan fingerprint density at radius 3 is 2.13 bits per heavy atom. The summed E-state index contributed by atoms with van der Waals surface area (Å²) in [7, 11) is 0. The molecule has 15 heavy (non-hydrogen) atoms. The Hall–Kier alpha value is -0.790. The van der Waals surface area contributed by atoms with E-state index in [4.69, 9.17) is 4.99 Å². The van der Waals surface area contributed by atoms with E-state index in [9.17, 15) is 0 Å². The van der Waals surface area contributed by atoms with Crippen molar-refractivity contribution < 1.29 is 0 Å². The largest absolute Gasteiger partial charge is 0.351 e. The number of aliphatic imine (C=N–C) groups is 1. The van der Waals surface area contributed by atoms with Crippen molar-refractivity contribution >= 4 is 5.84 Å². The van der Waals surface area contributed by atoms with Gasteiger partial charge in [0, 0.05) is 17.5 Å². The first-order valence-corrected chi connectivity index (χ1v) is 5.70. The first kappa shape index (κ1) is 12.3. The molecule has 0 N–H and O–H groups in total. The third kappa shape index (κ3) is 3.08. The van der Waals surface area contributed by atoms with Gasteiger partial charge in [0.1, 0.15) is 5.84 Å². The molecule has 0 aromatic carbocycles. The SMILES string of the molecule is CC(C)(C)C1=NCC=CCN1C(C)(C)C. The second-order valence-corrected chi connectivity index (χ2v) is 6.17. The molecule has 0 unspecified atom stereocenters. The van der Waals surface area contributed by atoms with Crippen LogP contribution < -0.4 is 0 Å². The zero-order chi connectivity index (χ0) is 11.7. The molecule has 0 atom stereocenters. The Kier molecular flexibility index (Phi) is 3.27. The monoisotopic (exact) mass is 208 g/mol. The van der Waals surface area contributed by atoms with Crippen molar-refractivity contribution in [2.75, 3.05) is 13.1 Å². The average Bonchev–Trinajstić information content (AvgIpc) is 2.24. The van der Waals surface area contributed by atoms with Crippen molar-refractivity contribution in [3.05, 3.63) is 12.2 Å². The van der Waals surface area contributed by atoms with Crippen LogP contribution in [0.2, 0.25) is 0 Å². The molecule has 0 bridgehead atoms. The minimum Gasteiger partial charge on any atom is -0.351 e. The van der Waals surface area contributed by atoms with Crippen LogP contribution in [0, 0.1) is 5.41 Å². The highest BCUT2D eigenvalue weighted by Gasteiger charge is 2.31. The van der Waals surface area contributed by atoms with Crippen LogP contribution in [-0.2, 0) is 0 Å². The van der Waals surface area contributed by atoms with Crippen LogP contribution in [0.3, 0.4) is 0 Å². The fourth-order valence-electron chi connectivity index (χ4n) is 1.80. The van der Waals surface area contributed by atoms with E-state index in [0.717, 1.165) is 13.1 Å². The van der Waals surface area contributed by atoms with Gasteiger partial charge in [-0.1, -0.05) is 32.9 Å². The first-order chi connectivity index (χ1) is 6.73. The molecule has 1 aliphatic rings. The quantitative estimate of drug-likeness (QED) is 0.558. The fraction of sp³-hybridized carbons (Fsp3) is 0.769. The number of hydrogen-bond acceptors (Lipinski definition) is 2. The molecule has 0 spiro atoms. The Morgan fingerprint density at radius 2 is 1.67 bits per heavy atom. The number of rotatable bonds is 0. The molecular weight excluding hydrogens is 184 g/mol. The lowest BCUT2D eigenvalue weighted by molar-refractivity contribution is 0.236. The highest BCUT2D eigenvalue weighted by atomic mass is 15.2. The lowest BCUT2D eigenvalue weighted by Crippen LogP contribution is -2.50. The smallest absolute Gasteiger partial charge is 0.105 e. The number of nitrogens with zero attached hydrogens (tertiary/aromatic N) is 2. The van der Waals surface area contributed by atoms with Gasteiger partial charge in [0.2, 0.25) is 0 Å². The van der Waals surface area contributed by atoms with Gasteiger partial charge in [-0.3, -0.25) is 4.99 Å². The van der Waals surface area contributed by atoms with Gasteiger partial charge < -0.3 is 4.90 Å². The van der Waals surface area contributed by atoms with Crippen LogP contribution in [0.15, 0.2) is 17.1 Å². The molecule has 0 saturated carbocycles. The molecule has 2 nitrogen and oxygen atoms in total. The van der Waals surface area contributed by atoms with Crippen LogP contribution >= 0.6 is 0 Å². The lowest BCUT2D eigenvalue weighted by atomic mass is 9.91. The molecule has 0 saturated heterocycles. The van der Waals surface area contributed by atoms with Gasteiger partial charge in [-0.05, 0) is 20.8 Å². The maximum absolute atomic E-state index is 4.70. The Labute approximate surface area is 94.1 Å². The minimum atomic E-state index is 0.124. The van der Waals surface area contributed by atoms with Crippen LogP contribution in [0.4, 0.5) is 0 Å². The standard InChI is InChI=1S/C13H24N2/c1-12(2,3)11-14-9-7-8-10-15(11)13(4,5)6/h7-8H,9-10H2,1-6H3. The molecule has 86 valence electrons. The molecule has 0 aliphatic carbocycles. The fourth-order valence-corrected chi connectivity index (χ4v) is 1.80. The van der Waals surface area contributed by atoms with E-state index in [0.29, 0.717) is 0 Å². The van der Waals surface area contributed by atoms with Crippen molar-refractivity contribution in [3.63, 3.8) is 0 Å². The van der Waals surface area contributed by atoms with Gasteiger partial charge in [-0.2, -0.15) is 0 Å². The molecule has 0 radical (unpaired) electrons. The van der Waals surface area contributed by atoms with Crippen LogP contribution in [0.1, 0.15) is 41.5 Å². The maximum Gasteiger partial charge on any atom is 0.105 e. The molecule has 0 fully saturated rings. The number of amidine groups is 1. The Morgan fingerprint density at radius 1 is 1.07 bits per heavy atom. The summed E-state index contributed by atoms with van der Waals surface area (Å²) >= 11 is 0. The zero-order valence-corrected chi connectivity index (χ0v) is 11.0. The summed E-state index contributed by atoms with van der Waals surface area (Å²) in [5.41, 5.74) is 0.264. The lowest BCUT2D eigenvalue weighted by Gasteiger charge is -2.41. The maximum atomic E-state index is 4.70. The first-order valence-electron chi connectivity index (χ1n) is 5.70. The summed E-state index contributed by atoms with van der Waals surface area (Å²) in [5, 5.41) is 0. The van der Waals surface area contributed by atoms with Gasteiger partial charge in [0.25, 0.3) is 0 Å². The van der Waals surface area contributed by atoms with Crippen molar-refractivity contribution in [1.29, 1.82) is 0 Å². The summed E-state index contributed by atoms with van der Waals surface area (Å²) in [6, 6.07) is 0. The van der Waals surface area contributed by atoms with E-state index in [1.165, 1.54) is 5.84 Å². The zero-order valence-electron chi connectivity index (χ0n) is 11.0. The third-order valence-corrected chi connectivity index (χ3v) is 2.54. The summed E-state index contributed by atoms with van der Waals surface area (Å²) in [6.07, 6.45) is 4.37. The van der Waals surface area contributed by atoms with Gasteiger partial charge >= 0.3 is 0 Å². The molecule has 0 aromatic heterocycles. The summed E-state index contributed by atoms with van der Waals surface area (Å²) in [6.45, 7) is 15.2. The predicted octanol–water partition coefficient (Wildman–Crippen LogP) is 3.10. The molecule has 0 aromatic rings. The van der Waals surface area contributed by atoms with Gasteiger partial charge in [-0.25, -0.2) is 0 Å². The van der Waals surface area contributed by atoms with E-state index in [1.54, 1.807) is 0 Å². The summed E-state index contributed by atoms with van der Waals surface area (Å²) in [5.74, 6) is 1.22. The normalized spacial score (nSPS) is 18.8. The highest BCUT2D eigenvalue weighted by Crippen LogP contribution is 2.26. The summed E-state index contributed by atoms with van der Waals surface area (Å²) < 4.78 is 0. The van der Waals surface area contributed by atoms with Crippen molar-refractivity contribution in [3.8, 4) is 0 Å². The highest BCUT2D eigenvalue weighted by molar-refractivity contribution is 5.88. The molecular formula is C13H24N2. The predicted molar refractivity (Wildman–Crippen MR) is 67.4 cm³/mol. The Balaban J connectivity index is 3.04. The molecule has 1 heterocycles. The van der Waals surface area contributed by atoms with E-state index in [2.05, 4.69) is 58.6 Å². The summed E-state index contributed by atoms with van der Waals surface area (Å²) in [4.78, 5) is 7.10. The van der Waals surface area contributed by atoms with E-state index < -0.39 is 0 Å². The van der Waals surface area contributed by atoms with Gasteiger partial charge in [0.05, 0.1) is 6.54 Å². The van der Waals surface area contributed by atoms with Gasteiger partial charge in [-0.15, -0.1) is 0 Å². The molecule has 0 amide bonds. The van der Waals surface area contributed by atoms with Crippen molar-refractivity contribution in [1.82, 2.24) is 4.90 Å². The second-order valence-electron chi connectivity index (χ2n) is 6.17. The van der Waals surface area contributed by atoms with E-state index in [-0.39, 0.29) is 11.0 Å². The van der Waals surface area contributed by atoms with Crippen LogP contribution in [0.25, 0.3) is 0 Å². The Bertz CT molecular complexity index is 274. The minimum absolute atomic E-state index is 0.124. The van der Waals surface area contributed by atoms with E-state index >= 15 is 0 Å². The van der Waals surface area contributed by atoms with E-state index in [1.807, 2.05) is 0 Å². The molecule has 1 rings (SSSR count). The third-order valence-electron chi connectivity index (χ3n) is 2.54. The molecule has 1 aliphatic heterocycles. The van der Waals surface area contributed by atoms with Crippen molar-refractivity contribution in [2.45, 2.75) is 47.1 Å². The number of hydrogen-bond donors (Lipinski definition) is 0. The second kappa shape index (κ2) is 3.99. The van der Waals surface area contributed by atoms with Gasteiger partial charge in [0.15, 0.2) is 0 Å².